The van der Waals surface area contributed by atoms with Gasteiger partial charge in [0.1, 0.15) is 17.1 Å². The first-order valence-corrected chi connectivity index (χ1v) is 9.91. The Hall–Kier alpha value is -3.29. The highest BCUT2D eigenvalue weighted by Gasteiger charge is 2.34. The maximum Gasteiger partial charge on any atom is 0.319 e. The van der Waals surface area contributed by atoms with Crippen molar-refractivity contribution in [2.75, 3.05) is 11.9 Å². The number of phenolic OH excluding ortho intramolecular Hbond substituents is 1. The average molecular weight is 413 g/mol. The Morgan fingerprint density at radius 1 is 1.27 bits per heavy atom. The number of aromatic hydroxyl groups is 1. The molecule has 0 fully saturated rings. The lowest BCUT2D eigenvalue weighted by atomic mass is 9.85. The van der Waals surface area contributed by atoms with Crippen LogP contribution in [0.2, 0.25) is 0 Å². The van der Waals surface area contributed by atoms with E-state index in [1.165, 1.54) is 18.2 Å². The summed E-state index contributed by atoms with van der Waals surface area (Å²) in [5.41, 5.74) is 3.51. The van der Waals surface area contributed by atoms with Gasteiger partial charge in [0.25, 0.3) is 5.69 Å². The minimum atomic E-state index is -0.507. The molecule has 2 aromatic carbocycles. The topological polar surface area (TPSA) is 114 Å². The Bertz CT molecular complexity index is 1000. The molecule has 3 N–H and O–H groups in total. The second-order valence-corrected chi connectivity index (χ2v) is 8.02. The molecule has 2 amide bonds. The molecule has 1 unspecified atom stereocenters. The molecule has 0 saturated carbocycles. The van der Waals surface area contributed by atoms with E-state index < -0.39 is 16.6 Å². The van der Waals surface area contributed by atoms with Gasteiger partial charge in [0.15, 0.2) is 0 Å². The molecule has 0 aliphatic carbocycles. The van der Waals surface area contributed by atoms with Gasteiger partial charge in [-0.3, -0.25) is 10.1 Å². The van der Waals surface area contributed by atoms with E-state index in [9.17, 15) is 20.0 Å². The number of nitro benzene ring substituents is 1. The molecule has 0 radical (unpaired) electrons. The standard InChI is InChI=1S/C22H27N3O5/c1-13-14(2)20-18(15(3)19(13)26)8-9-22(4,30-20)10-11-23-21(27)24-16-6-5-7-17(12-16)25(28)29/h5-7,12,26H,8-11H2,1-4H3,(H2,23,24,27). The van der Waals surface area contributed by atoms with Crippen molar-refractivity contribution in [2.45, 2.75) is 52.6 Å². The molecule has 1 heterocycles. The Balaban J connectivity index is 1.60. The molecule has 8 heteroatoms. The number of amides is 2. The number of nitro groups is 1. The van der Waals surface area contributed by atoms with Crippen LogP contribution in [-0.2, 0) is 6.42 Å². The molecule has 0 spiro atoms. The Labute approximate surface area is 175 Å². The van der Waals surface area contributed by atoms with Crippen molar-refractivity contribution in [2.24, 2.45) is 0 Å². The number of nitrogens with one attached hydrogen (secondary N) is 2. The van der Waals surface area contributed by atoms with Crippen LogP contribution < -0.4 is 15.4 Å². The second kappa shape index (κ2) is 8.22. The predicted octanol–water partition coefficient (Wildman–Crippen LogP) is 4.52. The molecule has 160 valence electrons. The number of fused-ring (bicyclic) bond motifs is 1. The molecule has 1 atom stereocenters. The van der Waals surface area contributed by atoms with Crippen molar-refractivity contribution in [3.05, 3.63) is 56.6 Å². The van der Waals surface area contributed by atoms with Gasteiger partial charge in [-0.05, 0) is 63.3 Å². The van der Waals surface area contributed by atoms with Gasteiger partial charge >= 0.3 is 6.03 Å². The summed E-state index contributed by atoms with van der Waals surface area (Å²) >= 11 is 0. The van der Waals surface area contributed by atoms with Gasteiger partial charge in [-0.1, -0.05) is 6.07 Å². The van der Waals surface area contributed by atoms with E-state index in [-0.39, 0.29) is 5.69 Å². The van der Waals surface area contributed by atoms with Crippen LogP contribution in [0, 0.1) is 30.9 Å². The summed E-state index contributed by atoms with van der Waals surface area (Å²) in [4.78, 5) is 22.5. The molecule has 1 aliphatic heterocycles. The number of ether oxygens (including phenoxy) is 1. The van der Waals surface area contributed by atoms with Crippen LogP contribution in [0.3, 0.4) is 0 Å². The van der Waals surface area contributed by atoms with Crippen molar-refractivity contribution >= 4 is 17.4 Å². The number of rotatable bonds is 5. The van der Waals surface area contributed by atoms with Crippen molar-refractivity contribution in [3.63, 3.8) is 0 Å². The summed E-state index contributed by atoms with van der Waals surface area (Å²) in [6, 6.07) is 5.37. The van der Waals surface area contributed by atoms with Crippen molar-refractivity contribution in [3.8, 4) is 11.5 Å². The number of urea groups is 1. The van der Waals surface area contributed by atoms with Crippen LogP contribution in [0.15, 0.2) is 24.3 Å². The average Bonchev–Trinajstić information content (AvgIpc) is 2.70. The van der Waals surface area contributed by atoms with Gasteiger partial charge in [0, 0.05) is 36.3 Å². The smallest absolute Gasteiger partial charge is 0.319 e. The Morgan fingerprint density at radius 3 is 2.70 bits per heavy atom. The number of benzene rings is 2. The molecule has 1 aliphatic rings. The second-order valence-electron chi connectivity index (χ2n) is 8.02. The lowest BCUT2D eigenvalue weighted by Crippen LogP contribution is -2.41. The largest absolute Gasteiger partial charge is 0.507 e. The van der Waals surface area contributed by atoms with Crippen LogP contribution in [0.4, 0.5) is 16.2 Å². The summed E-state index contributed by atoms with van der Waals surface area (Å²) in [6.07, 6.45) is 2.18. The zero-order chi connectivity index (χ0) is 22.1. The van der Waals surface area contributed by atoms with E-state index in [1.807, 2.05) is 27.7 Å². The molecule has 0 aromatic heterocycles. The maximum atomic E-state index is 12.2. The minimum Gasteiger partial charge on any atom is -0.507 e. The van der Waals surface area contributed by atoms with Gasteiger partial charge in [-0.2, -0.15) is 0 Å². The number of carbonyl (C=O) groups is 1. The van der Waals surface area contributed by atoms with Gasteiger partial charge in [-0.15, -0.1) is 0 Å². The number of nitrogens with zero attached hydrogens (tertiary/aromatic N) is 1. The van der Waals surface area contributed by atoms with E-state index in [0.29, 0.717) is 24.4 Å². The number of non-ortho nitro benzene ring substituents is 1. The fourth-order valence-corrected chi connectivity index (χ4v) is 3.78. The van der Waals surface area contributed by atoms with Gasteiger partial charge < -0.3 is 20.5 Å². The van der Waals surface area contributed by atoms with E-state index in [0.717, 1.165) is 40.8 Å². The first kappa shape index (κ1) is 21.4. The number of hydrogen-bond acceptors (Lipinski definition) is 5. The number of anilines is 1. The zero-order valence-corrected chi connectivity index (χ0v) is 17.7. The molecule has 0 bridgehead atoms. The summed E-state index contributed by atoms with van der Waals surface area (Å²) in [5, 5.41) is 26.5. The third-order valence-corrected chi connectivity index (χ3v) is 5.85. The van der Waals surface area contributed by atoms with Gasteiger partial charge in [-0.25, -0.2) is 4.79 Å². The maximum absolute atomic E-state index is 12.2. The van der Waals surface area contributed by atoms with E-state index in [1.54, 1.807) is 6.07 Å². The molecule has 30 heavy (non-hydrogen) atoms. The monoisotopic (exact) mass is 413 g/mol. The van der Waals surface area contributed by atoms with Crippen molar-refractivity contribution in [1.82, 2.24) is 5.32 Å². The molecule has 2 aromatic rings. The SMILES string of the molecule is Cc1c(C)c2c(c(C)c1O)CCC(C)(CCNC(=O)Nc1cccc([N+](=O)[O-])c1)O2. The zero-order valence-electron chi connectivity index (χ0n) is 17.7. The number of carbonyl (C=O) groups excluding carboxylic acids is 1. The third-order valence-electron chi connectivity index (χ3n) is 5.85. The number of phenols is 1. The van der Waals surface area contributed by atoms with Gasteiger partial charge in [0.2, 0.25) is 0 Å². The fraction of sp³-hybridized carbons (Fsp3) is 0.409. The lowest BCUT2D eigenvalue weighted by molar-refractivity contribution is -0.384. The van der Waals surface area contributed by atoms with Crippen molar-refractivity contribution in [1.29, 1.82) is 0 Å². The molecule has 8 nitrogen and oxygen atoms in total. The number of hydrogen-bond donors (Lipinski definition) is 3. The van der Waals surface area contributed by atoms with Crippen LogP contribution in [0.5, 0.6) is 11.5 Å². The summed E-state index contributed by atoms with van der Waals surface area (Å²) < 4.78 is 6.35. The first-order chi connectivity index (χ1) is 14.1. The quantitative estimate of drug-likeness (QED) is 0.492. The summed E-state index contributed by atoms with van der Waals surface area (Å²) in [6.45, 7) is 8.15. The van der Waals surface area contributed by atoms with Crippen LogP contribution in [-0.4, -0.2) is 28.2 Å². The minimum absolute atomic E-state index is 0.0819. The normalized spacial score (nSPS) is 17.6. The summed E-state index contributed by atoms with van der Waals surface area (Å²) in [7, 11) is 0. The van der Waals surface area contributed by atoms with E-state index in [4.69, 9.17) is 4.74 Å². The molecule has 0 saturated heterocycles. The Kier molecular flexibility index (Phi) is 5.87. The van der Waals surface area contributed by atoms with Crippen molar-refractivity contribution < 1.29 is 19.6 Å². The highest BCUT2D eigenvalue weighted by atomic mass is 16.6. The highest BCUT2D eigenvalue weighted by Crippen LogP contribution is 2.43. The fourth-order valence-electron chi connectivity index (χ4n) is 3.78. The lowest BCUT2D eigenvalue weighted by Gasteiger charge is -2.38. The van der Waals surface area contributed by atoms with Crippen LogP contribution in [0.25, 0.3) is 0 Å². The first-order valence-electron chi connectivity index (χ1n) is 9.91. The van der Waals surface area contributed by atoms with Gasteiger partial charge in [0.05, 0.1) is 4.92 Å². The third kappa shape index (κ3) is 4.32. The van der Waals surface area contributed by atoms with Crippen LogP contribution >= 0.6 is 0 Å². The molecular formula is C22H27N3O5. The Morgan fingerprint density at radius 2 is 2.00 bits per heavy atom. The van der Waals surface area contributed by atoms with E-state index in [2.05, 4.69) is 10.6 Å². The van der Waals surface area contributed by atoms with E-state index >= 15 is 0 Å². The molecular weight excluding hydrogens is 386 g/mol. The summed E-state index contributed by atoms with van der Waals surface area (Å²) in [5.74, 6) is 1.16. The predicted molar refractivity (Wildman–Crippen MR) is 114 cm³/mol. The van der Waals surface area contributed by atoms with Crippen LogP contribution in [0.1, 0.15) is 42.0 Å². The molecule has 3 rings (SSSR count). The highest BCUT2D eigenvalue weighted by molar-refractivity contribution is 5.89.